The predicted molar refractivity (Wildman–Crippen MR) is 389 cm³/mol. The van der Waals surface area contributed by atoms with E-state index in [9.17, 15) is 35.1 Å². The van der Waals surface area contributed by atoms with Crippen LogP contribution in [0.2, 0.25) is 0 Å². The third-order valence-corrected chi connectivity index (χ3v) is 19.2. The van der Waals surface area contributed by atoms with Gasteiger partial charge >= 0.3 is 5.97 Å². The van der Waals surface area contributed by atoms with E-state index in [4.69, 9.17) is 14.2 Å². The van der Waals surface area contributed by atoms with E-state index in [0.717, 1.165) is 57.8 Å². The lowest BCUT2D eigenvalue weighted by Gasteiger charge is -2.40. The summed E-state index contributed by atoms with van der Waals surface area (Å²) in [6, 6.07) is -0.807. The molecule has 542 valence electrons. The lowest BCUT2D eigenvalue weighted by Crippen LogP contribution is -2.60. The second kappa shape index (κ2) is 70.2. The number of esters is 1. The molecule has 0 bridgehead atoms. The van der Waals surface area contributed by atoms with Crippen molar-refractivity contribution in [3.05, 3.63) is 36.5 Å². The molecule has 92 heavy (non-hydrogen) atoms. The van der Waals surface area contributed by atoms with Crippen LogP contribution in [0.15, 0.2) is 36.5 Å². The van der Waals surface area contributed by atoms with E-state index in [0.29, 0.717) is 19.4 Å². The number of nitrogens with one attached hydrogen (secondary N) is 1. The standard InChI is InChI=1S/C81H153NO10/c1-3-5-7-9-11-13-15-44-49-53-57-61-65-69-77(86)90-70-66-62-58-54-50-46-43-41-39-37-35-33-31-29-27-25-23-21-19-17-18-20-22-24-26-28-30-32-34-36-38-40-42-45-48-52-56-60-64-68-76(85)82-73(72-91-81-80(89)79(88)78(87)75(71-83)92-81)74(84)67-63-59-55-51-47-16-14-12-10-8-6-4-2/h17-18,21,23,63,67,73-75,78-81,83-84,87-89H,3-16,19-20,22,24-62,64-66,68-72H2,1-2H3,(H,82,85)/b18-17-,23-21-,67-63+. The monoisotopic (exact) mass is 1300 g/mol. The highest BCUT2D eigenvalue weighted by atomic mass is 16.7. The molecule has 1 aliphatic rings. The third kappa shape index (κ3) is 58.1. The summed E-state index contributed by atoms with van der Waals surface area (Å²) in [4.78, 5) is 25.1. The fourth-order valence-corrected chi connectivity index (χ4v) is 12.9. The molecule has 1 aliphatic heterocycles. The van der Waals surface area contributed by atoms with Gasteiger partial charge < -0.3 is 45.1 Å². The third-order valence-electron chi connectivity index (χ3n) is 19.2. The van der Waals surface area contributed by atoms with E-state index in [-0.39, 0.29) is 18.5 Å². The summed E-state index contributed by atoms with van der Waals surface area (Å²) in [5, 5.41) is 54.5. The van der Waals surface area contributed by atoms with Gasteiger partial charge in [-0.25, -0.2) is 0 Å². The molecule has 7 atom stereocenters. The first-order chi connectivity index (χ1) is 45.2. The average molecular weight is 1300 g/mol. The summed E-state index contributed by atoms with van der Waals surface area (Å²) in [5.74, 6) is -0.160. The topological polar surface area (TPSA) is 175 Å². The van der Waals surface area contributed by atoms with Crippen LogP contribution in [0, 0.1) is 0 Å². The fourth-order valence-electron chi connectivity index (χ4n) is 12.9. The van der Waals surface area contributed by atoms with Crippen LogP contribution in [-0.2, 0) is 23.8 Å². The molecule has 1 amide bonds. The minimum Gasteiger partial charge on any atom is -0.466 e. The first-order valence-electron chi connectivity index (χ1n) is 40.3. The molecule has 0 saturated carbocycles. The Labute approximate surface area is 568 Å². The van der Waals surface area contributed by atoms with E-state index < -0.39 is 49.5 Å². The number of ether oxygens (including phenoxy) is 3. The van der Waals surface area contributed by atoms with Crippen LogP contribution in [-0.4, -0.2) is 100 Å². The lowest BCUT2D eigenvalue weighted by atomic mass is 9.99. The van der Waals surface area contributed by atoms with Crippen LogP contribution in [0.25, 0.3) is 0 Å². The van der Waals surface area contributed by atoms with Crippen molar-refractivity contribution in [3.8, 4) is 0 Å². The van der Waals surface area contributed by atoms with Gasteiger partial charge in [0.1, 0.15) is 24.4 Å². The SMILES string of the molecule is CCCCCCCCCCCC/C=C/C(O)C(COC1OC(CO)C(O)C(O)C1O)NC(=O)CCCCCCCCCCCCCCCCCCC/C=C\C/C=C\CCCCCCCCCCCCCCCCCOC(=O)CCCCCCCCCCCCCCC. The number of unbranched alkanes of at least 4 members (excludes halogenated alkanes) is 54. The lowest BCUT2D eigenvalue weighted by molar-refractivity contribution is -0.302. The van der Waals surface area contributed by atoms with Crippen molar-refractivity contribution in [3.63, 3.8) is 0 Å². The van der Waals surface area contributed by atoms with E-state index in [2.05, 4.69) is 43.5 Å². The van der Waals surface area contributed by atoms with Gasteiger partial charge in [0.25, 0.3) is 0 Å². The zero-order chi connectivity index (χ0) is 66.5. The van der Waals surface area contributed by atoms with Crippen molar-refractivity contribution in [2.75, 3.05) is 19.8 Å². The summed E-state index contributed by atoms with van der Waals surface area (Å²) < 4.78 is 16.8. The van der Waals surface area contributed by atoms with E-state index >= 15 is 0 Å². The second-order valence-corrected chi connectivity index (χ2v) is 28.1. The van der Waals surface area contributed by atoms with Crippen molar-refractivity contribution in [2.24, 2.45) is 0 Å². The van der Waals surface area contributed by atoms with Gasteiger partial charge in [-0.15, -0.1) is 0 Å². The minimum absolute atomic E-state index is 0.0168. The number of hydrogen-bond donors (Lipinski definition) is 6. The summed E-state index contributed by atoms with van der Waals surface area (Å²) in [7, 11) is 0. The quantitative estimate of drug-likeness (QED) is 0.0195. The largest absolute Gasteiger partial charge is 0.466 e. The molecule has 11 heteroatoms. The van der Waals surface area contributed by atoms with Crippen LogP contribution in [0.5, 0.6) is 0 Å². The molecule has 1 saturated heterocycles. The number of amides is 1. The van der Waals surface area contributed by atoms with Gasteiger partial charge in [0.2, 0.25) is 5.91 Å². The number of aliphatic hydroxyl groups is 5. The van der Waals surface area contributed by atoms with Crippen molar-refractivity contribution in [1.29, 1.82) is 0 Å². The molecule has 6 N–H and O–H groups in total. The molecule has 7 unspecified atom stereocenters. The Hall–Kier alpha value is -2.12. The van der Waals surface area contributed by atoms with Gasteiger partial charge in [-0.2, -0.15) is 0 Å². The van der Waals surface area contributed by atoms with Crippen LogP contribution in [0.3, 0.4) is 0 Å². The second-order valence-electron chi connectivity index (χ2n) is 28.1. The molecule has 1 fully saturated rings. The van der Waals surface area contributed by atoms with E-state index in [1.54, 1.807) is 6.08 Å². The molecule has 0 aromatic rings. The normalized spacial score (nSPS) is 17.7. The smallest absolute Gasteiger partial charge is 0.305 e. The van der Waals surface area contributed by atoms with Gasteiger partial charge in [0.15, 0.2) is 6.29 Å². The van der Waals surface area contributed by atoms with Crippen LogP contribution in [0.4, 0.5) is 0 Å². The highest BCUT2D eigenvalue weighted by Crippen LogP contribution is 2.24. The van der Waals surface area contributed by atoms with Gasteiger partial charge in [0.05, 0.1) is 32.0 Å². The number of carbonyl (C=O) groups is 2. The zero-order valence-electron chi connectivity index (χ0n) is 60.5. The highest BCUT2D eigenvalue weighted by Gasteiger charge is 2.44. The Kier molecular flexibility index (Phi) is 67.1. The van der Waals surface area contributed by atoms with Gasteiger partial charge in [-0.05, 0) is 64.2 Å². The van der Waals surface area contributed by atoms with Crippen LogP contribution < -0.4 is 5.32 Å². The number of hydrogen-bond acceptors (Lipinski definition) is 10. The van der Waals surface area contributed by atoms with E-state index in [1.165, 1.54) is 321 Å². The first-order valence-corrected chi connectivity index (χ1v) is 40.3. The van der Waals surface area contributed by atoms with Gasteiger partial charge in [0, 0.05) is 12.8 Å². The molecule has 0 spiro atoms. The Morgan fingerprint density at radius 3 is 1.10 bits per heavy atom. The highest BCUT2D eigenvalue weighted by molar-refractivity contribution is 5.76. The Bertz CT molecular complexity index is 1620. The van der Waals surface area contributed by atoms with Crippen LogP contribution in [0.1, 0.15) is 406 Å². The molecule has 1 heterocycles. The Morgan fingerprint density at radius 2 is 0.728 bits per heavy atom. The number of carbonyl (C=O) groups excluding carboxylic acids is 2. The first kappa shape index (κ1) is 87.9. The maximum absolute atomic E-state index is 13.1. The molecule has 0 aliphatic carbocycles. The molecular weight excluding hydrogens is 1150 g/mol. The van der Waals surface area contributed by atoms with Gasteiger partial charge in [-0.3, -0.25) is 9.59 Å². The fraction of sp³-hybridized carbons (Fsp3) is 0.901. The summed E-state index contributed by atoms with van der Waals surface area (Å²) in [6.07, 6.45) is 81.8. The molecule has 1 rings (SSSR count). The van der Waals surface area contributed by atoms with Crippen molar-refractivity contribution >= 4 is 11.9 Å². The Balaban J connectivity index is 1.90. The average Bonchev–Trinajstić information content (AvgIpc) is 1.08. The van der Waals surface area contributed by atoms with E-state index in [1.807, 2.05) is 6.08 Å². The molecular formula is C81H153NO10. The summed E-state index contributed by atoms with van der Waals surface area (Å²) >= 11 is 0. The minimum atomic E-state index is -1.57. The zero-order valence-corrected chi connectivity index (χ0v) is 60.5. The predicted octanol–water partition coefficient (Wildman–Crippen LogP) is 21.7. The van der Waals surface area contributed by atoms with Crippen molar-refractivity contribution < 1.29 is 49.3 Å². The number of aliphatic hydroxyl groups excluding tert-OH is 5. The number of rotatable bonds is 72. The molecule has 11 nitrogen and oxygen atoms in total. The summed E-state index contributed by atoms with van der Waals surface area (Å²) in [6.45, 7) is 4.39. The maximum Gasteiger partial charge on any atom is 0.305 e. The van der Waals surface area contributed by atoms with Crippen molar-refractivity contribution in [2.45, 2.75) is 448 Å². The van der Waals surface area contributed by atoms with Crippen LogP contribution >= 0.6 is 0 Å². The molecule has 0 aromatic heterocycles. The molecule has 0 aromatic carbocycles. The molecule has 0 radical (unpaired) electrons. The van der Waals surface area contributed by atoms with Gasteiger partial charge in [-0.1, -0.05) is 365 Å². The maximum atomic E-state index is 13.1. The Morgan fingerprint density at radius 1 is 0.402 bits per heavy atom. The van der Waals surface area contributed by atoms with Crippen molar-refractivity contribution in [1.82, 2.24) is 5.32 Å². The number of allylic oxidation sites excluding steroid dienone is 5. The summed E-state index contributed by atoms with van der Waals surface area (Å²) in [5.41, 5.74) is 0.